The minimum Gasteiger partial charge on any atom is -0.469 e. The van der Waals surface area contributed by atoms with Crippen LogP contribution in [-0.4, -0.2) is 25.8 Å². The summed E-state index contributed by atoms with van der Waals surface area (Å²) in [4.78, 5) is 4.64. The van der Waals surface area contributed by atoms with Crippen molar-refractivity contribution in [3.8, 4) is 11.5 Å². The maximum absolute atomic E-state index is 5.40. The number of guanidine groups is 1. The van der Waals surface area contributed by atoms with Gasteiger partial charge in [-0.25, -0.2) is 4.99 Å². The molecular weight excluding hydrogens is 306 g/mol. The van der Waals surface area contributed by atoms with Crippen LogP contribution in [0.5, 0.6) is 11.5 Å². The highest BCUT2D eigenvalue weighted by atomic mass is 16.7. The predicted molar refractivity (Wildman–Crippen MR) is 92.4 cm³/mol. The van der Waals surface area contributed by atoms with Crippen molar-refractivity contribution in [3.63, 3.8) is 0 Å². The molecule has 1 aromatic carbocycles. The third kappa shape index (κ3) is 4.44. The fourth-order valence-electron chi connectivity index (χ4n) is 2.39. The van der Waals surface area contributed by atoms with Gasteiger partial charge in [0.05, 0.1) is 12.8 Å². The minimum atomic E-state index is 0.291. The zero-order valence-corrected chi connectivity index (χ0v) is 13.9. The maximum Gasteiger partial charge on any atom is 0.231 e. The number of ether oxygens (including phenoxy) is 2. The summed E-state index contributed by atoms with van der Waals surface area (Å²) in [7, 11) is 0. The van der Waals surface area contributed by atoms with Gasteiger partial charge >= 0.3 is 0 Å². The summed E-state index contributed by atoms with van der Waals surface area (Å²) in [5.41, 5.74) is 1.09. The highest BCUT2D eigenvalue weighted by Gasteiger charge is 2.12. The summed E-state index contributed by atoms with van der Waals surface area (Å²) >= 11 is 0. The molecule has 0 atom stereocenters. The van der Waals surface area contributed by atoms with Gasteiger partial charge in [-0.05, 0) is 36.2 Å². The Morgan fingerprint density at radius 2 is 2.00 bits per heavy atom. The molecule has 6 nitrogen and oxygen atoms in total. The summed E-state index contributed by atoms with van der Waals surface area (Å²) in [6, 6.07) is 9.80. The van der Waals surface area contributed by atoms with Crippen molar-refractivity contribution in [2.75, 3.05) is 19.9 Å². The van der Waals surface area contributed by atoms with E-state index in [1.165, 1.54) is 0 Å². The lowest BCUT2D eigenvalue weighted by Crippen LogP contribution is -2.38. The standard InChI is InChI=1S/C18H23N3O3/c1-2-8-19-18(20-9-7-15-4-3-10-22-15)21-12-14-5-6-16-17(11-14)24-13-23-16/h3-6,10-11H,2,7-9,12-13H2,1H3,(H2,19,20,21). The Bertz CT molecular complexity index is 668. The van der Waals surface area contributed by atoms with Crippen LogP contribution in [0, 0.1) is 0 Å². The van der Waals surface area contributed by atoms with Gasteiger partial charge in [-0.1, -0.05) is 13.0 Å². The molecule has 2 aromatic rings. The van der Waals surface area contributed by atoms with Crippen molar-refractivity contribution in [2.24, 2.45) is 4.99 Å². The van der Waals surface area contributed by atoms with Crippen molar-refractivity contribution in [1.82, 2.24) is 10.6 Å². The molecule has 128 valence electrons. The first kappa shape index (κ1) is 16.2. The lowest BCUT2D eigenvalue weighted by Gasteiger charge is -2.11. The second-order valence-corrected chi connectivity index (χ2v) is 5.54. The molecule has 0 spiro atoms. The fourth-order valence-corrected chi connectivity index (χ4v) is 2.39. The Morgan fingerprint density at radius 1 is 1.12 bits per heavy atom. The summed E-state index contributed by atoms with van der Waals surface area (Å²) < 4.78 is 16.1. The van der Waals surface area contributed by atoms with Crippen LogP contribution in [0.2, 0.25) is 0 Å². The number of rotatable bonds is 7. The van der Waals surface area contributed by atoms with Crippen LogP contribution >= 0.6 is 0 Å². The average Bonchev–Trinajstić information content (AvgIpc) is 3.27. The molecule has 0 fully saturated rings. The van der Waals surface area contributed by atoms with Crippen LogP contribution in [0.4, 0.5) is 0 Å². The van der Waals surface area contributed by atoms with Crippen molar-refractivity contribution < 1.29 is 13.9 Å². The number of hydrogen-bond donors (Lipinski definition) is 2. The van der Waals surface area contributed by atoms with E-state index in [1.54, 1.807) is 6.26 Å². The highest BCUT2D eigenvalue weighted by molar-refractivity contribution is 5.79. The molecule has 0 bridgehead atoms. The lowest BCUT2D eigenvalue weighted by molar-refractivity contribution is 0.174. The molecule has 0 aliphatic carbocycles. The monoisotopic (exact) mass is 329 g/mol. The Morgan fingerprint density at radius 3 is 2.83 bits per heavy atom. The molecule has 3 rings (SSSR count). The van der Waals surface area contributed by atoms with Gasteiger partial charge in [0.2, 0.25) is 6.79 Å². The van der Waals surface area contributed by atoms with Gasteiger partial charge in [-0.15, -0.1) is 0 Å². The first-order chi connectivity index (χ1) is 11.8. The van der Waals surface area contributed by atoms with Gasteiger partial charge in [0.15, 0.2) is 17.5 Å². The first-order valence-corrected chi connectivity index (χ1v) is 8.28. The van der Waals surface area contributed by atoms with Crippen LogP contribution in [0.25, 0.3) is 0 Å². The second kappa shape index (κ2) is 8.29. The normalized spacial score (nSPS) is 13.1. The lowest BCUT2D eigenvalue weighted by atomic mass is 10.2. The van der Waals surface area contributed by atoms with Gasteiger partial charge in [-0.3, -0.25) is 0 Å². The van der Waals surface area contributed by atoms with Gasteiger partial charge in [-0.2, -0.15) is 0 Å². The second-order valence-electron chi connectivity index (χ2n) is 5.54. The Hall–Kier alpha value is -2.63. The summed E-state index contributed by atoms with van der Waals surface area (Å²) in [6.45, 7) is 4.65. The summed E-state index contributed by atoms with van der Waals surface area (Å²) in [6.07, 6.45) is 3.56. The van der Waals surface area contributed by atoms with E-state index in [4.69, 9.17) is 13.9 Å². The topological polar surface area (TPSA) is 68.0 Å². The number of fused-ring (bicyclic) bond motifs is 1. The smallest absolute Gasteiger partial charge is 0.231 e. The number of hydrogen-bond acceptors (Lipinski definition) is 4. The van der Waals surface area contributed by atoms with E-state index >= 15 is 0 Å². The molecule has 0 radical (unpaired) electrons. The molecule has 1 aliphatic heterocycles. The molecular formula is C18H23N3O3. The van der Waals surface area contributed by atoms with E-state index in [0.717, 1.165) is 54.7 Å². The molecule has 2 N–H and O–H groups in total. The molecule has 0 unspecified atom stereocenters. The van der Waals surface area contributed by atoms with Crippen molar-refractivity contribution in [3.05, 3.63) is 47.9 Å². The minimum absolute atomic E-state index is 0.291. The highest BCUT2D eigenvalue weighted by Crippen LogP contribution is 2.32. The molecule has 1 aliphatic rings. The van der Waals surface area contributed by atoms with E-state index in [9.17, 15) is 0 Å². The van der Waals surface area contributed by atoms with Crippen LogP contribution in [0.15, 0.2) is 46.0 Å². The quantitative estimate of drug-likeness (QED) is 0.604. The van der Waals surface area contributed by atoms with E-state index in [0.29, 0.717) is 13.3 Å². The van der Waals surface area contributed by atoms with Gasteiger partial charge in [0.1, 0.15) is 5.76 Å². The maximum atomic E-state index is 5.40. The first-order valence-electron chi connectivity index (χ1n) is 8.28. The average molecular weight is 329 g/mol. The summed E-state index contributed by atoms with van der Waals surface area (Å²) in [5.74, 6) is 3.36. The molecule has 6 heteroatoms. The number of furan rings is 1. The largest absolute Gasteiger partial charge is 0.469 e. The van der Waals surface area contributed by atoms with E-state index in [-0.39, 0.29) is 0 Å². The molecule has 2 heterocycles. The van der Waals surface area contributed by atoms with Crippen LogP contribution < -0.4 is 20.1 Å². The molecule has 0 saturated heterocycles. The molecule has 0 saturated carbocycles. The van der Waals surface area contributed by atoms with Crippen LogP contribution in [0.3, 0.4) is 0 Å². The van der Waals surface area contributed by atoms with E-state index in [1.807, 2.05) is 30.3 Å². The zero-order chi connectivity index (χ0) is 16.6. The Balaban J connectivity index is 1.56. The predicted octanol–water partition coefficient (Wildman–Crippen LogP) is 2.70. The molecule has 1 aromatic heterocycles. The number of nitrogens with one attached hydrogen (secondary N) is 2. The van der Waals surface area contributed by atoms with Gasteiger partial charge < -0.3 is 24.5 Å². The number of nitrogens with zero attached hydrogens (tertiary/aromatic N) is 1. The number of aliphatic imine (C=N–C) groups is 1. The van der Waals surface area contributed by atoms with Crippen molar-refractivity contribution in [1.29, 1.82) is 0 Å². The fraction of sp³-hybridized carbons (Fsp3) is 0.389. The molecule has 24 heavy (non-hydrogen) atoms. The van der Waals surface area contributed by atoms with Crippen LogP contribution in [-0.2, 0) is 13.0 Å². The third-order valence-corrected chi connectivity index (χ3v) is 3.64. The Labute approximate surface area is 141 Å². The SMILES string of the molecule is CCCNC(=NCc1ccc2c(c1)OCO2)NCCc1ccco1. The third-order valence-electron chi connectivity index (χ3n) is 3.64. The zero-order valence-electron chi connectivity index (χ0n) is 13.9. The Kier molecular flexibility index (Phi) is 5.61. The van der Waals surface area contributed by atoms with E-state index in [2.05, 4.69) is 22.5 Å². The summed E-state index contributed by atoms with van der Waals surface area (Å²) in [5, 5.41) is 6.66. The van der Waals surface area contributed by atoms with Gasteiger partial charge in [0, 0.05) is 19.5 Å². The van der Waals surface area contributed by atoms with Crippen LogP contribution in [0.1, 0.15) is 24.7 Å². The van der Waals surface area contributed by atoms with Gasteiger partial charge in [0.25, 0.3) is 0 Å². The van der Waals surface area contributed by atoms with Crippen molar-refractivity contribution >= 4 is 5.96 Å². The number of benzene rings is 1. The van der Waals surface area contributed by atoms with E-state index < -0.39 is 0 Å². The van der Waals surface area contributed by atoms with Crippen molar-refractivity contribution in [2.45, 2.75) is 26.3 Å². The molecule has 0 amide bonds.